The molecule has 0 saturated carbocycles. The lowest BCUT2D eigenvalue weighted by molar-refractivity contribution is 0.122. The maximum Gasteiger partial charge on any atom is 0.240 e. The van der Waals surface area contributed by atoms with Gasteiger partial charge in [0.25, 0.3) is 0 Å². The molecule has 1 saturated heterocycles. The molecule has 0 spiro atoms. The zero-order valence-electron chi connectivity index (χ0n) is 8.94. The molecule has 0 aliphatic carbocycles. The van der Waals surface area contributed by atoms with Crippen LogP contribution in [0.4, 0.5) is 8.78 Å². The van der Waals surface area contributed by atoms with Crippen LogP contribution in [0.5, 0.6) is 0 Å². The minimum atomic E-state index is -2.28. The molecule has 1 aromatic carbocycles. The van der Waals surface area contributed by atoms with Crippen LogP contribution in [0.2, 0.25) is 0 Å². The summed E-state index contributed by atoms with van der Waals surface area (Å²) in [4.78, 5) is 0. The molecule has 0 amide bonds. The minimum Gasteiger partial charge on any atom is -0.326 e. The Morgan fingerprint density at radius 2 is 2.00 bits per heavy atom. The predicted molar refractivity (Wildman–Crippen MR) is 59.6 cm³/mol. The molecule has 1 aliphatic heterocycles. The molecule has 0 radical (unpaired) electrons. The molecule has 1 heterocycles. The van der Waals surface area contributed by atoms with E-state index in [1.807, 2.05) is 30.3 Å². The summed E-state index contributed by atoms with van der Waals surface area (Å²) in [6.07, 6.45) is -2.42. The first kappa shape index (κ1) is 11.5. The maximum absolute atomic E-state index is 12.4. The van der Waals surface area contributed by atoms with Gasteiger partial charge >= 0.3 is 0 Å². The highest BCUT2D eigenvalue weighted by molar-refractivity contribution is 5.25. The fourth-order valence-corrected chi connectivity index (χ4v) is 2.42. The predicted octanol–water partition coefficient (Wildman–Crippen LogP) is 1.72. The van der Waals surface area contributed by atoms with Crippen LogP contribution < -0.4 is 11.1 Å². The van der Waals surface area contributed by atoms with Crippen LogP contribution in [0.1, 0.15) is 17.9 Å². The van der Waals surface area contributed by atoms with Gasteiger partial charge in [0.15, 0.2) is 0 Å². The maximum atomic E-state index is 12.4. The average molecular weight is 226 g/mol. The first-order chi connectivity index (χ1) is 7.68. The Morgan fingerprint density at radius 3 is 2.62 bits per heavy atom. The molecule has 4 heteroatoms. The number of hydrogen-bond acceptors (Lipinski definition) is 2. The van der Waals surface area contributed by atoms with E-state index in [4.69, 9.17) is 5.73 Å². The van der Waals surface area contributed by atoms with Gasteiger partial charge in [-0.25, -0.2) is 8.78 Å². The molecule has 16 heavy (non-hydrogen) atoms. The van der Waals surface area contributed by atoms with E-state index in [1.165, 1.54) is 0 Å². The molecule has 0 bridgehead atoms. The molecule has 3 N–H and O–H groups in total. The summed E-state index contributed by atoms with van der Waals surface area (Å²) in [7, 11) is 0. The van der Waals surface area contributed by atoms with Gasteiger partial charge in [0.1, 0.15) is 0 Å². The van der Waals surface area contributed by atoms with Crippen molar-refractivity contribution >= 4 is 0 Å². The Hall–Kier alpha value is -1.00. The second-order valence-electron chi connectivity index (χ2n) is 4.24. The summed E-state index contributed by atoms with van der Waals surface area (Å²) in [6, 6.07) is 9.37. The van der Waals surface area contributed by atoms with E-state index in [9.17, 15) is 8.78 Å². The van der Waals surface area contributed by atoms with Gasteiger partial charge in [-0.1, -0.05) is 30.3 Å². The Balaban J connectivity index is 2.16. The van der Waals surface area contributed by atoms with E-state index in [-0.39, 0.29) is 24.4 Å². The Bertz CT molecular complexity index is 329. The van der Waals surface area contributed by atoms with E-state index in [1.54, 1.807) is 0 Å². The van der Waals surface area contributed by atoms with Gasteiger partial charge in [-0.05, 0) is 5.56 Å². The Labute approximate surface area is 93.8 Å². The van der Waals surface area contributed by atoms with Crippen molar-refractivity contribution in [2.75, 3.05) is 6.54 Å². The minimum absolute atomic E-state index is 0.00444. The second-order valence-corrected chi connectivity index (χ2v) is 4.24. The van der Waals surface area contributed by atoms with Crippen molar-refractivity contribution in [2.45, 2.75) is 30.8 Å². The lowest BCUT2D eigenvalue weighted by Crippen LogP contribution is -2.31. The number of benzene rings is 1. The Kier molecular flexibility index (Phi) is 3.51. The van der Waals surface area contributed by atoms with Gasteiger partial charge in [-0.15, -0.1) is 0 Å². The van der Waals surface area contributed by atoms with E-state index >= 15 is 0 Å². The zero-order chi connectivity index (χ0) is 11.5. The zero-order valence-corrected chi connectivity index (χ0v) is 8.94. The molecule has 1 aromatic rings. The third-order valence-corrected chi connectivity index (χ3v) is 3.13. The fourth-order valence-electron chi connectivity index (χ4n) is 2.42. The quantitative estimate of drug-likeness (QED) is 0.823. The van der Waals surface area contributed by atoms with Crippen molar-refractivity contribution in [3.8, 4) is 0 Å². The molecular weight excluding hydrogens is 210 g/mol. The molecular formula is C12H16F2N2. The van der Waals surface area contributed by atoms with Crippen LogP contribution in [0.15, 0.2) is 30.3 Å². The van der Waals surface area contributed by atoms with Gasteiger partial charge in [-0.2, -0.15) is 0 Å². The lowest BCUT2D eigenvalue weighted by Gasteiger charge is -2.22. The number of alkyl halides is 2. The van der Waals surface area contributed by atoms with Gasteiger partial charge in [-0.3, -0.25) is 0 Å². The third kappa shape index (κ3) is 2.39. The molecule has 0 aromatic heterocycles. The topological polar surface area (TPSA) is 38.0 Å². The smallest absolute Gasteiger partial charge is 0.240 e. The number of nitrogens with one attached hydrogen (secondary N) is 1. The van der Waals surface area contributed by atoms with Crippen molar-refractivity contribution in [1.29, 1.82) is 0 Å². The largest absolute Gasteiger partial charge is 0.326 e. The fraction of sp³-hybridized carbons (Fsp3) is 0.500. The van der Waals surface area contributed by atoms with Crippen molar-refractivity contribution in [3.63, 3.8) is 0 Å². The van der Waals surface area contributed by atoms with Crippen LogP contribution in [0.25, 0.3) is 0 Å². The highest BCUT2D eigenvalue weighted by Crippen LogP contribution is 2.29. The standard InChI is InChI=1S/C12H16F2N2/c13-11(14)6-10-12(9(15)7-16-10)8-4-2-1-3-5-8/h1-5,9-12,16H,6-7,15H2/t9-,10-,12+/m1/s1. The SMILES string of the molecule is N[C@@H]1CN[C@H](CC(F)F)[C@H]1c1ccccc1. The average Bonchev–Trinajstić information content (AvgIpc) is 2.60. The Morgan fingerprint density at radius 1 is 1.31 bits per heavy atom. The van der Waals surface area contributed by atoms with E-state index in [0.717, 1.165) is 5.56 Å². The molecule has 0 unspecified atom stereocenters. The van der Waals surface area contributed by atoms with Crippen molar-refractivity contribution in [1.82, 2.24) is 5.32 Å². The highest BCUT2D eigenvalue weighted by atomic mass is 19.3. The summed E-state index contributed by atoms with van der Waals surface area (Å²) in [5, 5.41) is 3.08. The number of hydrogen-bond donors (Lipinski definition) is 2. The van der Waals surface area contributed by atoms with Crippen molar-refractivity contribution in [3.05, 3.63) is 35.9 Å². The lowest BCUT2D eigenvalue weighted by atomic mass is 9.87. The second kappa shape index (κ2) is 4.89. The van der Waals surface area contributed by atoms with Crippen LogP contribution in [0, 0.1) is 0 Å². The number of nitrogens with two attached hydrogens (primary N) is 1. The van der Waals surface area contributed by atoms with E-state index in [2.05, 4.69) is 5.32 Å². The van der Waals surface area contributed by atoms with E-state index < -0.39 is 6.43 Å². The van der Waals surface area contributed by atoms with Crippen LogP contribution in [0.3, 0.4) is 0 Å². The van der Waals surface area contributed by atoms with Crippen molar-refractivity contribution in [2.24, 2.45) is 5.73 Å². The van der Waals surface area contributed by atoms with Gasteiger partial charge < -0.3 is 11.1 Å². The molecule has 2 rings (SSSR count). The van der Waals surface area contributed by atoms with Gasteiger partial charge in [0.05, 0.1) is 0 Å². The summed E-state index contributed by atoms with van der Waals surface area (Å²) in [5.41, 5.74) is 7.02. The van der Waals surface area contributed by atoms with Crippen LogP contribution in [-0.2, 0) is 0 Å². The highest BCUT2D eigenvalue weighted by Gasteiger charge is 2.35. The van der Waals surface area contributed by atoms with Gasteiger partial charge in [0, 0.05) is 31.0 Å². The molecule has 3 atom stereocenters. The van der Waals surface area contributed by atoms with Gasteiger partial charge in [0.2, 0.25) is 6.43 Å². The number of rotatable bonds is 3. The van der Waals surface area contributed by atoms with Crippen LogP contribution >= 0.6 is 0 Å². The summed E-state index contributed by atoms with van der Waals surface area (Å²) >= 11 is 0. The van der Waals surface area contributed by atoms with E-state index in [0.29, 0.717) is 6.54 Å². The third-order valence-electron chi connectivity index (χ3n) is 3.13. The van der Waals surface area contributed by atoms with Crippen LogP contribution in [-0.4, -0.2) is 25.1 Å². The normalized spacial score (nSPS) is 29.9. The molecule has 1 fully saturated rings. The monoisotopic (exact) mass is 226 g/mol. The summed E-state index contributed by atoms with van der Waals surface area (Å²) < 4.78 is 24.8. The summed E-state index contributed by atoms with van der Waals surface area (Å²) in [6.45, 7) is 0.608. The molecule has 88 valence electrons. The number of halogens is 2. The molecule has 1 aliphatic rings. The molecule has 2 nitrogen and oxygen atoms in total. The summed E-state index contributed by atoms with van der Waals surface area (Å²) in [5.74, 6) is -0.00444. The first-order valence-electron chi connectivity index (χ1n) is 5.50. The van der Waals surface area contributed by atoms with Crippen molar-refractivity contribution < 1.29 is 8.78 Å². The first-order valence-corrected chi connectivity index (χ1v) is 5.50.